The highest BCUT2D eigenvalue weighted by molar-refractivity contribution is 6.04. The van der Waals surface area contributed by atoms with Crippen LogP contribution in [0.25, 0.3) is 0 Å². The predicted molar refractivity (Wildman–Crippen MR) is 65.8 cm³/mol. The third kappa shape index (κ3) is 2.98. The Bertz CT molecular complexity index is 619. The van der Waals surface area contributed by atoms with Gasteiger partial charge in [0.05, 0.1) is 17.7 Å². The summed E-state index contributed by atoms with van der Waals surface area (Å²) in [6.07, 6.45) is 0. The molecule has 0 radical (unpaired) electrons. The van der Waals surface area contributed by atoms with Crippen LogP contribution >= 0.6 is 0 Å². The van der Waals surface area contributed by atoms with Gasteiger partial charge in [0.1, 0.15) is 11.5 Å². The quantitative estimate of drug-likeness (QED) is 0.871. The van der Waals surface area contributed by atoms with Crippen molar-refractivity contribution in [3.05, 3.63) is 52.9 Å². The van der Waals surface area contributed by atoms with Gasteiger partial charge in [-0.25, -0.2) is 4.79 Å². The lowest BCUT2D eigenvalue weighted by Crippen LogP contribution is -2.25. The van der Waals surface area contributed by atoms with Gasteiger partial charge in [0.25, 0.3) is 5.91 Å². The summed E-state index contributed by atoms with van der Waals surface area (Å²) in [5.74, 6) is -0.947. The minimum Gasteiger partial charge on any atom is -0.478 e. The van der Waals surface area contributed by atoms with E-state index in [9.17, 15) is 9.59 Å². The Labute approximate surface area is 109 Å². The Morgan fingerprint density at radius 2 is 2.00 bits per heavy atom. The van der Waals surface area contributed by atoms with Crippen molar-refractivity contribution in [1.82, 2.24) is 10.5 Å². The molecule has 1 heterocycles. The Morgan fingerprint density at radius 3 is 2.58 bits per heavy atom. The third-order valence-corrected chi connectivity index (χ3v) is 2.51. The number of amides is 1. The maximum absolute atomic E-state index is 11.9. The molecule has 6 nitrogen and oxygen atoms in total. The molecule has 0 saturated carbocycles. The fourth-order valence-electron chi connectivity index (χ4n) is 1.63. The zero-order valence-electron chi connectivity index (χ0n) is 10.2. The fraction of sp³-hybridized carbons (Fsp3) is 0.154. The SMILES string of the molecule is Cc1cc(CNC(=O)c2ccccc2C(=O)O)no1. The van der Waals surface area contributed by atoms with E-state index >= 15 is 0 Å². The van der Waals surface area contributed by atoms with Gasteiger partial charge in [0.2, 0.25) is 0 Å². The summed E-state index contributed by atoms with van der Waals surface area (Å²) in [7, 11) is 0. The average Bonchev–Trinajstić information content (AvgIpc) is 2.81. The highest BCUT2D eigenvalue weighted by Gasteiger charge is 2.15. The molecule has 0 spiro atoms. The zero-order chi connectivity index (χ0) is 13.8. The number of carbonyl (C=O) groups excluding carboxylic acids is 1. The van der Waals surface area contributed by atoms with E-state index in [0.717, 1.165) is 0 Å². The van der Waals surface area contributed by atoms with Gasteiger partial charge in [-0.05, 0) is 19.1 Å². The number of hydrogen-bond donors (Lipinski definition) is 2. The fourth-order valence-corrected chi connectivity index (χ4v) is 1.63. The lowest BCUT2D eigenvalue weighted by atomic mass is 10.1. The van der Waals surface area contributed by atoms with Crippen LogP contribution in [0.1, 0.15) is 32.2 Å². The van der Waals surface area contributed by atoms with Gasteiger partial charge in [-0.2, -0.15) is 0 Å². The van der Waals surface area contributed by atoms with Crippen molar-refractivity contribution in [3.8, 4) is 0 Å². The molecule has 19 heavy (non-hydrogen) atoms. The van der Waals surface area contributed by atoms with Crippen LogP contribution in [0.4, 0.5) is 0 Å². The first-order chi connectivity index (χ1) is 9.08. The number of nitrogens with one attached hydrogen (secondary N) is 1. The summed E-state index contributed by atoms with van der Waals surface area (Å²) in [4.78, 5) is 22.9. The number of aromatic nitrogens is 1. The van der Waals surface area contributed by atoms with Crippen LogP contribution < -0.4 is 5.32 Å². The van der Waals surface area contributed by atoms with Gasteiger partial charge in [-0.1, -0.05) is 17.3 Å². The number of carboxylic acid groups (broad SMARTS) is 1. The van der Waals surface area contributed by atoms with Gasteiger partial charge in [-0.15, -0.1) is 0 Å². The number of rotatable bonds is 4. The van der Waals surface area contributed by atoms with Crippen molar-refractivity contribution < 1.29 is 19.2 Å². The molecular formula is C13H12N2O4. The standard InChI is InChI=1S/C13H12N2O4/c1-8-6-9(15-19-8)7-14-12(16)10-4-2-3-5-11(10)13(17)18/h2-6H,7H2,1H3,(H,14,16)(H,17,18). The number of benzene rings is 1. The second-order valence-electron chi connectivity index (χ2n) is 3.96. The maximum Gasteiger partial charge on any atom is 0.336 e. The van der Waals surface area contributed by atoms with Gasteiger partial charge in [0, 0.05) is 6.07 Å². The molecule has 0 aliphatic heterocycles. The average molecular weight is 260 g/mol. The highest BCUT2D eigenvalue weighted by atomic mass is 16.5. The number of carboxylic acids is 1. The normalized spacial score (nSPS) is 10.2. The second-order valence-corrected chi connectivity index (χ2v) is 3.96. The predicted octanol–water partition coefficient (Wildman–Crippen LogP) is 1.61. The van der Waals surface area contributed by atoms with E-state index in [4.69, 9.17) is 9.63 Å². The molecule has 1 amide bonds. The molecule has 1 aromatic carbocycles. The minimum absolute atomic E-state index is 0.0312. The Balaban J connectivity index is 2.10. The van der Waals surface area contributed by atoms with E-state index in [2.05, 4.69) is 10.5 Å². The van der Waals surface area contributed by atoms with E-state index < -0.39 is 11.9 Å². The minimum atomic E-state index is -1.14. The van der Waals surface area contributed by atoms with E-state index in [-0.39, 0.29) is 17.7 Å². The summed E-state index contributed by atoms with van der Waals surface area (Å²) in [5.41, 5.74) is 0.671. The van der Waals surface area contributed by atoms with Gasteiger partial charge >= 0.3 is 5.97 Å². The first kappa shape index (κ1) is 12.8. The molecule has 0 aliphatic carbocycles. The molecule has 2 rings (SSSR count). The van der Waals surface area contributed by atoms with Gasteiger partial charge < -0.3 is 14.9 Å². The van der Waals surface area contributed by atoms with Crippen molar-refractivity contribution in [1.29, 1.82) is 0 Å². The van der Waals surface area contributed by atoms with E-state index in [0.29, 0.717) is 11.5 Å². The van der Waals surface area contributed by atoms with Crippen molar-refractivity contribution in [3.63, 3.8) is 0 Å². The van der Waals surface area contributed by atoms with Crippen molar-refractivity contribution in [2.24, 2.45) is 0 Å². The molecule has 0 saturated heterocycles. The Morgan fingerprint density at radius 1 is 1.32 bits per heavy atom. The molecule has 0 aliphatic rings. The number of carbonyl (C=O) groups is 2. The summed E-state index contributed by atoms with van der Waals surface area (Å²) in [6.45, 7) is 1.93. The lowest BCUT2D eigenvalue weighted by Gasteiger charge is -2.05. The lowest BCUT2D eigenvalue weighted by molar-refractivity contribution is 0.0691. The molecule has 0 bridgehead atoms. The summed E-state index contributed by atoms with van der Waals surface area (Å²) in [5, 5.41) is 15.3. The topological polar surface area (TPSA) is 92.4 Å². The first-order valence-electron chi connectivity index (χ1n) is 5.60. The van der Waals surface area contributed by atoms with Gasteiger partial charge in [0.15, 0.2) is 0 Å². The molecule has 1 aromatic heterocycles. The largest absolute Gasteiger partial charge is 0.478 e. The van der Waals surface area contributed by atoms with Crippen molar-refractivity contribution >= 4 is 11.9 Å². The number of aryl methyl sites for hydroxylation is 1. The number of nitrogens with zero attached hydrogens (tertiary/aromatic N) is 1. The monoisotopic (exact) mass is 260 g/mol. The van der Waals surface area contributed by atoms with Crippen LogP contribution in [-0.2, 0) is 6.54 Å². The Hall–Kier alpha value is -2.63. The molecule has 6 heteroatoms. The van der Waals surface area contributed by atoms with Crippen LogP contribution in [0.2, 0.25) is 0 Å². The van der Waals surface area contributed by atoms with Crippen LogP contribution in [0.15, 0.2) is 34.9 Å². The molecule has 98 valence electrons. The molecular weight excluding hydrogens is 248 g/mol. The summed E-state index contributed by atoms with van der Waals surface area (Å²) < 4.78 is 4.87. The molecule has 2 aromatic rings. The van der Waals surface area contributed by atoms with Gasteiger partial charge in [-0.3, -0.25) is 4.79 Å². The second kappa shape index (κ2) is 5.34. The smallest absolute Gasteiger partial charge is 0.336 e. The van der Waals surface area contributed by atoms with Crippen LogP contribution in [0, 0.1) is 6.92 Å². The van der Waals surface area contributed by atoms with Crippen LogP contribution in [0.5, 0.6) is 0 Å². The zero-order valence-corrected chi connectivity index (χ0v) is 10.2. The third-order valence-electron chi connectivity index (χ3n) is 2.51. The van der Waals surface area contributed by atoms with Crippen molar-refractivity contribution in [2.75, 3.05) is 0 Å². The van der Waals surface area contributed by atoms with Crippen LogP contribution in [-0.4, -0.2) is 22.1 Å². The number of aromatic carboxylic acids is 1. The van der Waals surface area contributed by atoms with Crippen molar-refractivity contribution in [2.45, 2.75) is 13.5 Å². The van der Waals surface area contributed by atoms with E-state index in [1.807, 2.05) is 0 Å². The Kier molecular flexibility index (Phi) is 3.61. The molecule has 2 N–H and O–H groups in total. The van der Waals surface area contributed by atoms with E-state index in [1.54, 1.807) is 25.1 Å². The molecule has 0 atom stereocenters. The van der Waals surface area contributed by atoms with Crippen LogP contribution in [0.3, 0.4) is 0 Å². The first-order valence-corrected chi connectivity index (χ1v) is 5.60. The van der Waals surface area contributed by atoms with E-state index in [1.165, 1.54) is 12.1 Å². The molecule has 0 unspecified atom stereocenters. The summed E-state index contributed by atoms with van der Waals surface area (Å²) in [6, 6.07) is 7.73. The highest BCUT2D eigenvalue weighted by Crippen LogP contribution is 2.09. The maximum atomic E-state index is 11.9. The molecule has 0 fully saturated rings. The number of hydrogen-bond acceptors (Lipinski definition) is 4. The summed E-state index contributed by atoms with van der Waals surface area (Å²) >= 11 is 0.